The zero-order valence-electron chi connectivity index (χ0n) is 9.35. The quantitative estimate of drug-likeness (QED) is 0.612. The lowest BCUT2D eigenvalue weighted by Gasteiger charge is -2.27. The molecule has 0 aromatic rings. The van der Waals surface area contributed by atoms with Gasteiger partial charge in [0.25, 0.3) is 0 Å². The Bertz CT molecular complexity index is 243. The molecule has 0 spiro atoms. The van der Waals surface area contributed by atoms with E-state index in [9.17, 15) is 0 Å². The van der Waals surface area contributed by atoms with Crippen molar-refractivity contribution < 1.29 is 4.43 Å². The summed E-state index contributed by atoms with van der Waals surface area (Å²) in [5.41, 5.74) is 0.268. The van der Waals surface area contributed by atoms with Gasteiger partial charge in [-0.2, -0.15) is 0 Å². The van der Waals surface area contributed by atoms with E-state index in [1.54, 1.807) is 0 Å². The SMILES string of the molecule is CC1(C)C=C(O[Si](C)(C)C)C=CC1. The zero-order chi connectivity index (χ0) is 10.1. The second-order valence-electron chi connectivity index (χ2n) is 5.36. The minimum Gasteiger partial charge on any atom is -0.545 e. The third-order valence-corrected chi connectivity index (χ3v) is 2.73. The lowest BCUT2D eigenvalue weighted by atomic mass is 9.86. The number of hydrogen-bond donors (Lipinski definition) is 0. The van der Waals surface area contributed by atoms with Crippen LogP contribution in [0.2, 0.25) is 19.6 Å². The van der Waals surface area contributed by atoms with Crippen LogP contribution in [0.25, 0.3) is 0 Å². The molecule has 74 valence electrons. The van der Waals surface area contributed by atoms with E-state index in [0.29, 0.717) is 0 Å². The molecule has 0 bridgehead atoms. The molecule has 0 aromatic heterocycles. The van der Waals surface area contributed by atoms with Gasteiger partial charge < -0.3 is 4.43 Å². The van der Waals surface area contributed by atoms with Crippen LogP contribution in [-0.4, -0.2) is 8.32 Å². The van der Waals surface area contributed by atoms with Crippen molar-refractivity contribution in [3.8, 4) is 0 Å². The number of allylic oxidation sites excluding steroid dienone is 3. The maximum absolute atomic E-state index is 5.93. The Balaban J connectivity index is 2.71. The molecule has 1 aliphatic carbocycles. The van der Waals surface area contributed by atoms with Crippen LogP contribution in [0, 0.1) is 5.41 Å². The van der Waals surface area contributed by atoms with Gasteiger partial charge in [-0.1, -0.05) is 19.9 Å². The van der Waals surface area contributed by atoms with Gasteiger partial charge in [0.1, 0.15) is 0 Å². The summed E-state index contributed by atoms with van der Waals surface area (Å²) in [6, 6.07) is 0. The number of hydrogen-bond acceptors (Lipinski definition) is 1. The first-order chi connectivity index (χ1) is 5.79. The predicted molar refractivity (Wildman–Crippen MR) is 60.1 cm³/mol. The highest BCUT2D eigenvalue weighted by atomic mass is 28.4. The molecular formula is C11H20OSi. The molecule has 0 fully saturated rings. The van der Waals surface area contributed by atoms with E-state index < -0.39 is 8.32 Å². The minimum atomic E-state index is -1.43. The smallest absolute Gasteiger partial charge is 0.242 e. The largest absolute Gasteiger partial charge is 0.545 e. The van der Waals surface area contributed by atoms with E-state index in [-0.39, 0.29) is 5.41 Å². The highest BCUT2D eigenvalue weighted by Gasteiger charge is 2.22. The van der Waals surface area contributed by atoms with E-state index in [1.165, 1.54) is 0 Å². The summed E-state index contributed by atoms with van der Waals surface area (Å²) < 4.78 is 5.93. The van der Waals surface area contributed by atoms with Gasteiger partial charge in [-0.15, -0.1) is 0 Å². The van der Waals surface area contributed by atoms with Crippen LogP contribution in [0.1, 0.15) is 20.3 Å². The van der Waals surface area contributed by atoms with Gasteiger partial charge in [-0.05, 0) is 43.6 Å². The van der Waals surface area contributed by atoms with Crippen molar-refractivity contribution in [3.63, 3.8) is 0 Å². The Kier molecular flexibility index (Phi) is 2.71. The molecule has 0 aromatic carbocycles. The molecule has 0 aliphatic heterocycles. The van der Waals surface area contributed by atoms with E-state index in [2.05, 4.69) is 51.7 Å². The second kappa shape index (κ2) is 3.33. The van der Waals surface area contributed by atoms with Crippen molar-refractivity contribution in [1.29, 1.82) is 0 Å². The summed E-state index contributed by atoms with van der Waals surface area (Å²) in [5, 5.41) is 0. The van der Waals surface area contributed by atoms with Crippen molar-refractivity contribution in [2.45, 2.75) is 39.9 Å². The molecule has 0 saturated carbocycles. The van der Waals surface area contributed by atoms with Gasteiger partial charge in [-0.25, -0.2) is 0 Å². The van der Waals surface area contributed by atoms with Crippen LogP contribution in [0.5, 0.6) is 0 Å². The van der Waals surface area contributed by atoms with E-state index in [0.717, 1.165) is 12.2 Å². The molecule has 0 heterocycles. The fourth-order valence-electron chi connectivity index (χ4n) is 1.39. The zero-order valence-corrected chi connectivity index (χ0v) is 10.3. The first-order valence-electron chi connectivity index (χ1n) is 4.87. The summed E-state index contributed by atoms with van der Waals surface area (Å²) >= 11 is 0. The summed E-state index contributed by atoms with van der Waals surface area (Å²) in [6.07, 6.45) is 7.66. The van der Waals surface area contributed by atoms with E-state index >= 15 is 0 Å². The molecule has 1 aliphatic rings. The van der Waals surface area contributed by atoms with Crippen molar-refractivity contribution in [1.82, 2.24) is 0 Å². The molecule has 0 atom stereocenters. The Morgan fingerprint density at radius 1 is 1.31 bits per heavy atom. The first kappa shape index (κ1) is 10.6. The molecule has 1 nitrogen and oxygen atoms in total. The minimum absolute atomic E-state index is 0.268. The maximum Gasteiger partial charge on any atom is 0.242 e. The van der Waals surface area contributed by atoms with E-state index in [4.69, 9.17) is 4.43 Å². The monoisotopic (exact) mass is 196 g/mol. The third kappa shape index (κ3) is 3.81. The van der Waals surface area contributed by atoms with Crippen LogP contribution >= 0.6 is 0 Å². The van der Waals surface area contributed by atoms with Gasteiger partial charge in [0, 0.05) is 0 Å². The van der Waals surface area contributed by atoms with Crippen LogP contribution in [0.4, 0.5) is 0 Å². The molecule has 1 rings (SSSR count). The average molecular weight is 196 g/mol. The Morgan fingerprint density at radius 2 is 1.92 bits per heavy atom. The van der Waals surface area contributed by atoms with Crippen LogP contribution < -0.4 is 0 Å². The first-order valence-corrected chi connectivity index (χ1v) is 8.28. The third-order valence-electron chi connectivity index (χ3n) is 1.88. The van der Waals surface area contributed by atoms with Gasteiger partial charge in [0.15, 0.2) is 0 Å². The standard InChI is InChI=1S/C11H20OSi/c1-11(2)8-6-7-10(9-11)12-13(3,4)5/h6-7,9H,8H2,1-5H3. The molecular weight excluding hydrogens is 176 g/mol. The van der Waals surface area contributed by atoms with Crippen LogP contribution in [-0.2, 0) is 4.43 Å². The fourth-order valence-corrected chi connectivity index (χ4v) is 2.22. The van der Waals surface area contributed by atoms with Crippen molar-refractivity contribution in [2.75, 3.05) is 0 Å². The summed E-state index contributed by atoms with van der Waals surface area (Å²) in [5.74, 6) is 1.07. The topological polar surface area (TPSA) is 9.23 Å². The van der Waals surface area contributed by atoms with Crippen molar-refractivity contribution in [2.24, 2.45) is 5.41 Å². The van der Waals surface area contributed by atoms with Crippen molar-refractivity contribution in [3.05, 3.63) is 24.0 Å². The summed E-state index contributed by atoms with van der Waals surface area (Å²) in [6.45, 7) is 11.1. The van der Waals surface area contributed by atoms with Crippen LogP contribution in [0.15, 0.2) is 24.0 Å². The highest BCUT2D eigenvalue weighted by Crippen LogP contribution is 2.30. The molecule has 0 unspecified atom stereocenters. The van der Waals surface area contributed by atoms with Gasteiger partial charge >= 0.3 is 0 Å². The lowest BCUT2D eigenvalue weighted by Crippen LogP contribution is -2.25. The Morgan fingerprint density at radius 3 is 2.38 bits per heavy atom. The van der Waals surface area contributed by atoms with Crippen LogP contribution in [0.3, 0.4) is 0 Å². The molecule has 13 heavy (non-hydrogen) atoms. The normalized spacial score (nSPS) is 21.2. The maximum atomic E-state index is 5.93. The van der Waals surface area contributed by atoms with Gasteiger partial charge in [0.2, 0.25) is 8.32 Å². The molecule has 0 N–H and O–H groups in total. The molecule has 0 saturated heterocycles. The second-order valence-corrected chi connectivity index (χ2v) is 9.79. The summed E-state index contributed by atoms with van der Waals surface area (Å²) in [4.78, 5) is 0. The summed E-state index contributed by atoms with van der Waals surface area (Å²) in [7, 11) is -1.43. The highest BCUT2D eigenvalue weighted by molar-refractivity contribution is 6.70. The van der Waals surface area contributed by atoms with E-state index in [1.807, 2.05) is 0 Å². The lowest BCUT2D eigenvalue weighted by molar-refractivity contribution is 0.397. The molecule has 0 radical (unpaired) electrons. The van der Waals surface area contributed by atoms with Gasteiger partial charge in [-0.3, -0.25) is 0 Å². The Labute approximate surface area is 82.6 Å². The number of rotatable bonds is 2. The fraction of sp³-hybridized carbons (Fsp3) is 0.636. The average Bonchev–Trinajstić information content (AvgIpc) is 1.79. The molecule has 0 amide bonds. The predicted octanol–water partition coefficient (Wildman–Crippen LogP) is 3.71. The van der Waals surface area contributed by atoms with Gasteiger partial charge in [0.05, 0.1) is 5.76 Å². The molecule has 2 heteroatoms. The van der Waals surface area contributed by atoms with Crippen molar-refractivity contribution >= 4 is 8.32 Å². The Hall–Kier alpha value is -0.503.